The Bertz CT molecular complexity index is 357. The second-order valence-corrected chi connectivity index (χ2v) is 4.85. The van der Waals surface area contributed by atoms with Gasteiger partial charge in [0.25, 0.3) is 0 Å². The molecule has 0 saturated heterocycles. The maximum atomic E-state index is 10.1. The zero-order valence-corrected chi connectivity index (χ0v) is 8.75. The number of fused-ring (bicyclic) bond motifs is 1. The van der Waals surface area contributed by atoms with Crippen molar-refractivity contribution in [3.05, 3.63) is 29.3 Å². The molecule has 0 aromatic heterocycles. The van der Waals surface area contributed by atoms with Crippen LogP contribution < -0.4 is 5.73 Å². The summed E-state index contributed by atoms with van der Waals surface area (Å²) in [6, 6.07) is 5.80. The van der Waals surface area contributed by atoms with Crippen LogP contribution in [0.2, 0.25) is 0 Å². The average molecular weight is 191 g/mol. The lowest BCUT2D eigenvalue weighted by atomic mass is 9.72. The number of benzene rings is 1. The summed E-state index contributed by atoms with van der Waals surface area (Å²) in [7, 11) is 0. The molecule has 0 saturated carbocycles. The van der Waals surface area contributed by atoms with Crippen LogP contribution in [0.4, 0.5) is 5.69 Å². The topological polar surface area (TPSA) is 46.2 Å². The first-order valence-corrected chi connectivity index (χ1v) is 5.07. The number of aliphatic hydroxyl groups excluding tert-OH is 1. The van der Waals surface area contributed by atoms with Gasteiger partial charge < -0.3 is 10.8 Å². The van der Waals surface area contributed by atoms with Crippen LogP contribution in [0, 0.1) is 5.41 Å². The van der Waals surface area contributed by atoms with Gasteiger partial charge in [-0.3, -0.25) is 0 Å². The van der Waals surface area contributed by atoms with E-state index < -0.39 is 0 Å². The van der Waals surface area contributed by atoms with Crippen LogP contribution in [0.3, 0.4) is 0 Å². The molecule has 14 heavy (non-hydrogen) atoms. The summed E-state index contributed by atoms with van der Waals surface area (Å²) in [6.07, 6.45) is 1.68. The number of aliphatic hydroxyl groups is 1. The SMILES string of the molecule is CC1(C)CCc2cc(N)ccc2C1O. The summed E-state index contributed by atoms with van der Waals surface area (Å²) in [5.41, 5.74) is 8.75. The molecule has 1 aromatic rings. The molecule has 0 radical (unpaired) electrons. The maximum Gasteiger partial charge on any atom is 0.0843 e. The third kappa shape index (κ3) is 1.40. The van der Waals surface area contributed by atoms with Gasteiger partial charge in [0.2, 0.25) is 0 Å². The van der Waals surface area contributed by atoms with E-state index in [1.807, 2.05) is 18.2 Å². The molecule has 0 fully saturated rings. The molecule has 2 rings (SSSR count). The van der Waals surface area contributed by atoms with Gasteiger partial charge in [0.05, 0.1) is 6.10 Å². The highest BCUT2D eigenvalue weighted by Crippen LogP contribution is 2.43. The molecular weight excluding hydrogens is 174 g/mol. The zero-order valence-electron chi connectivity index (χ0n) is 8.75. The Morgan fingerprint density at radius 3 is 2.86 bits per heavy atom. The molecule has 1 aromatic carbocycles. The van der Waals surface area contributed by atoms with Crippen LogP contribution in [-0.2, 0) is 6.42 Å². The third-order valence-electron chi connectivity index (χ3n) is 3.24. The first-order chi connectivity index (χ1) is 6.50. The van der Waals surface area contributed by atoms with E-state index in [2.05, 4.69) is 13.8 Å². The predicted octanol–water partition coefficient (Wildman–Crippen LogP) is 2.27. The monoisotopic (exact) mass is 191 g/mol. The van der Waals surface area contributed by atoms with Gasteiger partial charge in [0.15, 0.2) is 0 Å². The number of anilines is 1. The minimum Gasteiger partial charge on any atom is -0.399 e. The van der Waals surface area contributed by atoms with Crippen LogP contribution in [0.25, 0.3) is 0 Å². The summed E-state index contributed by atoms with van der Waals surface area (Å²) in [5, 5.41) is 10.1. The molecule has 2 nitrogen and oxygen atoms in total. The van der Waals surface area contributed by atoms with E-state index in [-0.39, 0.29) is 11.5 Å². The number of nitrogens with two attached hydrogens (primary N) is 1. The summed E-state index contributed by atoms with van der Waals surface area (Å²) in [4.78, 5) is 0. The molecule has 76 valence electrons. The highest BCUT2D eigenvalue weighted by atomic mass is 16.3. The second-order valence-electron chi connectivity index (χ2n) is 4.85. The Hall–Kier alpha value is -1.02. The summed E-state index contributed by atoms with van der Waals surface area (Å²) >= 11 is 0. The fraction of sp³-hybridized carbons (Fsp3) is 0.500. The number of hydrogen-bond donors (Lipinski definition) is 2. The number of aryl methyl sites for hydroxylation is 1. The molecule has 1 unspecified atom stereocenters. The van der Waals surface area contributed by atoms with E-state index in [0.29, 0.717) is 0 Å². The van der Waals surface area contributed by atoms with Crippen molar-refractivity contribution in [2.24, 2.45) is 5.41 Å². The van der Waals surface area contributed by atoms with Crippen LogP contribution >= 0.6 is 0 Å². The molecule has 2 heteroatoms. The van der Waals surface area contributed by atoms with Gasteiger partial charge >= 0.3 is 0 Å². The molecule has 1 atom stereocenters. The van der Waals surface area contributed by atoms with E-state index >= 15 is 0 Å². The lowest BCUT2D eigenvalue weighted by molar-refractivity contribution is 0.0340. The van der Waals surface area contributed by atoms with E-state index in [1.165, 1.54) is 5.56 Å². The van der Waals surface area contributed by atoms with Crippen LogP contribution in [-0.4, -0.2) is 5.11 Å². The first kappa shape index (κ1) is 9.53. The average Bonchev–Trinajstić information content (AvgIpc) is 2.12. The second kappa shape index (κ2) is 2.99. The van der Waals surface area contributed by atoms with Gasteiger partial charge in [-0.1, -0.05) is 19.9 Å². The predicted molar refractivity (Wildman–Crippen MR) is 57.9 cm³/mol. The van der Waals surface area contributed by atoms with Gasteiger partial charge in [-0.25, -0.2) is 0 Å². The molecule has 0 spiro atoms. The Labute approximate surface area is 84.7 Å². The fourth-order valence-corrected chi connectivity index (χ4v) is 2.12. The van der Waals surface area contributed by atoms with Crippen molar-refractivity contribution in [1.82, 2.24) is 0 Å². The fourth-order valence-electron chi connectivity index (χ4n) is 2.12. The van der Waals surface area contributed by atoms with E-state index in [4.69, 9.17) is 5.73 Å². The molecule has 1 aliphatic carbocycles. The van der Waals surface area contributed by atoms with Crippen molar-refractivity contribution in [2.75, 3.05) is 5.73 Å². The molecule has 0 heterocycles. The quantitative estimate of drug-likeness (QED) is 0.618. The zero-order chi connectivity index (χ0) is 10.3. The molecule has 0 aliphatic heterocycles. The minimum absolute atomic E-state index is 0.0108. The molecule has 0 bridgehead atoms. The van der Waals surface area contributed by atoms with Crippen molar-refractivity contribution in [3.8, 4) is 0 Å². The first-order valence-electron chi connectivity index (χ1n) is 5.07. The van der Waals surface area contributed by atoms with Crippen molar-refractivity contribution >= 4 is 5.69 Å². The molecule has 3 N–H and O–H groups in total. The number of rotatable bonds is 0. The lowest BCUT2D eigenvalue weighted by Crippen LogP contribution is -2.28. The van der Waals surface area contributed by atoms with Crippen LogP contribution in [0.15, 0.2) is 18.2 Å². The Morgan fingerprint density at radius 2 is 2.14 bits per heavy atom. The van der Waals surface area contributed by atoms with Crippen molar-refractivity contribution in [1.29, 1.82) is 0 Å². The molecule has 0 amide bonds. The normalized spacial score (nSPS) is 24.4. The van der Waals surface area contributed by atoms with Gasteiger partial charge in [-0.05, 0) is 41.5 Å². The van der Waals surface area contributed by atoms with Crippen LogP contribution in [0.5, 0.6) is 0 Å². The maximum absolute atomic E-state index is 10.1. The molecular formula is C12H17NO. The highest BCUT2D eigenvalue weighted by Gasteiger charge is 2.34. The highest BCUT2D eigenvalue weighted by molar-refractivity contribution is 5.46. The van der Waals surface area contributed by atoms with E-state index in [9.17, 15) is 5.11 Å². The Kier molecular flexibility index (Phi) is 2.04. The van der Waals surface area contributed by atoms with Crippen molar-refractivity contribution in [2.45, 2.75) is 32.8 Å². The number of hydrogen-bond acceptors (Lipinski definition) is 2. The molecule has 1 aliphatic rings. The summed E-state index contributed by atoms with van der Waals surface area (Å²) in [6.45, 7) is 4.22. The van der Waals surface area contributed by atoms with Crippen molar-refractivity contribution in [3.63, 3.8) is 0 Å². The smallest absolute Gasteiger partial charge is 0.0843 e. The number of nitrogen functional groups attached to an aromatic ring is 1. The van der Waals surface area contributed by atoms with Gasteiger partial charge in [0, 0.05) is 5.69 Å². The Morgan fingerprint density at radius 1 is 1.43 bits per heavy atom. The largest absolute Gasteiger partial charge is 0.399 e. The minimum atomic E-state index is -0.355. The summed E-state index contributed by atoms with van der Waals surface area (Å²) < 4.78 is 0. The van der Waals surface area contributed by atoms with Gasteiger partial charge in [-0.2, -0.15) is 0 Å². The van der Waals surface area contributed by atoms with Gasteiger partial charge in [0.1, 0.15) is 0 Å². The van der Waals surface area contributed by atoms with E-state index in [1.54, 1.807) is 0 Å². The standard InChI is InChI=1S/C12H17NO/c1-12(2)6-5-8-7-9(13)3-4-10(8)11(12)14/h3-4,7,11,14H,5-6,13H2,1-2H3. The Balaban J connectivity index is 2.46. The summed E-state index contributed by atoms with van der Waals surface area (Å²) in [5.74, 6) is 0. The van der Waals surface area contributed by atoms with E-state index in [0.717, 1.165) is 24.1 Å². The third-order valence-corrected chi connectivity index (χ3v) is 3.24. The van der Waals surface area contributed by atoms with Gasteiger partial charge in [-0.15, -0.1) is 0 Å². The lowest BCUT2D eigenvalue weighted by Gasteiger charge is -2.36. The van der Waals surface area contributed by atoms with Crippen LogP contribution in [0.1, 0.15) is 37.5 Å². The van der Waals surface area contributed by atoms with Crippen molar-refractivity contribution < 1.29 is 5.11 Å².